The molecule has 1 rings (SSSR count). The number of halogens is 1. The van der Waals surface area contributed by atoms with Gasteiger partial charge in [-0.3, -0.25) is 10.1 Å². The van der Waals surface area contributed by atoms with Crippen molar-refractivity contribution in [3.05, 3.63) is 21.1 Å². The van der Waals surface area contributed by atoms with E-state index in [9.17, 15) is 10.1 Å². The van der Waals surface area contributed by atoms with Gasteiger partial charge in [0.25, 0.3) is 0 Å². The van der Waals surface area contributed by atoms with Crippen molar-refractivity contribution in [3.63, 3.8) is 0 Å². The first-order valence-corrected chi connectivity index (χ1v) is 6.57. The molecule has 0 spiro atoms. The molecule has 6 nitrogen and oxygen atoms in total. The highest BCUT2D eigenvalue weighted by Crippen LogP contribution is 2.31. The molecule has 0 aliphatic carbocycles. The maximum Gasteiger partial charge on any atom is 0.332 e. The van der Waals surface area contributed by atoms with Gasteiger partial charge in [-0.25, -0.2) is 4.98 Å². The lowest BCUT2D eigenvalue weighted by atomic mass is 10.1. The minimum absolute atomic E-state index is 0.0347. The van der Waals surface area contributed by atoms with Crippen molar-refractivity contribution in [2.75, 3.05) is 11.4 Å². The van der Waals surface area contributed by atoms with E-state index in [4.69, 9.17) is 11.6 Å². The summed E-state index contributed by atoms with van der Waals surface area (Å²) >= 11 is 5.84. The summed E-state index contributed by atoms with van der Waals surface area (Å²) in [6.07, 6.45) is 0. The molecule has 0 amide bonds. The molecule has 1 heterocycles. The Labute approximate surface area is 118 Å². The van der Waals surface area contributed by atoms with E-state index in [1.54, 1.807) is 6.92 Å². The third-order valence-electron chi connectivity index (χ3n) is 2.65. The van der Waals surface area contributed by atoms with Gasteiger partial charge < -0.3 is 4.90 Å². The molecule has 1 aromatic heterocycles. The van der Waals surface area contributed by atoms with Gasteiger partial charge in [0.05, 0.1) is 4.92 Å². The SMILES string of the molecule is Cc1nc(Cl)nc(N(CC(C)C)C(C)C)c1[N+](=O)[O-]. The predicted molar refractivity (Wildman–Crippen MR) is 75.8 cm³/mol. The maximum absolute atomic E-state index is 11.2. The lowest BCUT2D eigenvalue weighted by molar-refractivity contribution is -0.385. The van der Waals surface area contributed by atoms with E-state index >= 15 is 0 Å². The second kappa shape index (κ2) is 6.14. The second-order valence-corrected chi connectivity index (χ2v) is 5.49. The number of aryl methyl sites for hydroxylation is 1. The number of anilines is 1. The standard InChI is InChI=1S/C12H19ClN4O2/c1-7(2)6-16(8(3)4)11-10(17(18)19)9(5)14-12(13)15-11/h7-8H,6H2,1-5H3. The third-order valence-corrected chi connectivity index (χ3v) is 2.82. The van der Waals surface area contributed by atoms with Crippen molar-refractivity contribution in [3.8, 4) is 0 Å². The molecule has 0 aliphatic heterocycles. The largest absolute Gasteiger partial charge is 0.348 e. The molecule has 0 bridgehead atoms. The zero-order valence-electron chi connectivity index (χ0n) is 11.8. The molecule has 0 unspecified atom stereocenters. The van der Waals surface area contributed by atoms with E-state index < -0.39 is 4.92 Å². The van der Waals surface area contributed by atoms with Gasteiger partial charge in [-0.15, -0.1) is 0 Å². The number of hydrogen-bond acceptors (Lipinski definition) is 5. The molecule has 7 heteroatoms. The van der Waals surface area contributed by atoms with Crippen molar-refractivity contribution < 1.29 is 4.92 Å². The normalized spacial score (nSPS) is 11.2. The van der Waals surface area contributed by atoms with Crippen LogP contribution in [0.4, 0.5) is 11.5 Å². The van der Waals surface area contributed by atoms with Crippen molar-refractivity contribution >= 4 is 23.1 Å². The lowest BCUT2D eigenvalue weighted by Crippen LogP contribution is -2.35. The number of nitro groups is 1. The highest BCUT2D eigenvalue weighted by atomic mass is 35.5. The summed E-state index contributed by atoms with van der Waals surface area (Å²) in [7, 11) is 0. The summed E-state index contributed by atoms with van der Waals surface area (Å²) < 4.78 is 0. The van der Waals surface area contributed by atoms with Gasteiger partial charge in [-0.05, 0) is 38.3 Å². The van der Waals surface area contributed by atoms with Gasteiger partial charge in [-0.1, -0.05) is 13.8 Å². The average molecular weight is 287 g/mol. The highest BCUT2D eigenvalue weighted by molar-refractivity contribution is 6.28. The van der Waals surface area contributed by atoms with Gasteiger partial charge >= 0.3 is 5.69 Å². The monoisotopic (exact) mass is 286 g/mol. The number of rotatable bonds is 5. The predicted octanol–water partition coefficient (Wildman–Crippen LogP) is 3.22. The van der Waals surface area contributed by atoms with Crippen LogP contribution in [-0.4, -0.2) is 27.5 Å². The van der Waals surface area contributed by atoms with Gasteiger partial charge in [0.2, 0.25) is 11.1 Å². The van der Waals surface area contributed by atoms with Crippen molar-refractivity contribution in [2.24, 2.45) is 5.92 Å². The molecular formula is C12H19ClN4O2. The summed E-state index contributed by atoms with van der Waals surface area (Å²) in [6, 6.07) is 0.0893. The molecule has 0 aromatic carbocycles. The zero-order valence-corrected chi connectivity index (χ0v) is 12.6. The quantitative estimate of drug-likeness (QED) is 0.472. The van der Waals surface area contributed by atoms with Crippen molar-refractivity contribution in [1.29, 1.82) is 0 Å². The smallest absolute Gasteiger partial charge is 0.332 e. The number of nitrogens with zero attached hydrogens (tertiary/aromatic N) is 4. The van der Waals surface area contributed by atoms with Crippen LogP contribution < -0.4 is 4.90 Å². The van der Waals surface area contributed by atoms with Crippen LogP contribution in [0.1, 0.15) is 33.4 Å². The van der Waals surface area contributed by atoms with Crippen LogP contribution in [-0.2, 0) is 0 Å². The molecule has 1 aromatic rings. The van der Waals surface area contributed by atoms with Crippen molar-refractivity contribution in [2.45, 2.75) is 40.7 Å². The van der Waals surface area contributed by atoms with Crippen LogP contribution in [0.3, 0.4) is 0 Å². The molecule has 19 heavy (non-hydrogen) atoms. The van der Waals surface area contributed by atoms with Crippen LogP contribution in [0.25, 0.3) is 0 Å². The fourth-order valence-electron chi connectivity index (χ4n) is 1.87. The summed E-state index contributed by atoms with van der Waals surface area (Å²) in [6.45, 7) is 10.3. The topological polar surface area (TPSA) is 72.2 Å². The Kier molecular flexibility index (Phi) is 5.05. The van der Waals surface area contributed by atoms with Crippen LogP contribution in [0.2, 0.25) is 5.28 Å². The average Bonchev–Trinajstić information content (AvgIpc) is 2.23. The summed E-state index contributed by atoms with van der Waals surface area (Å²) in [5.74, 6) is 0.655. The molecule has 0 atom stereocenters. The highest BCUT2D eigenvalue weighted by Gasteiger charge is 2.27. The summed E-state index contributed by atoms with van der Waals surface area (Å²) in [5, 5.41) is 11.3. The van der Waals surface area contributed by atoms with E-state index in [0.29, 0.717) is 18.3 Å². The molecule has 0 fully saturated rings. The third kappa shape index (κ3) is 3.76. The first-order chi connectivity index (χ1) is 8.73. The summed E-state index contributed by atoms with van der Waals surface area (Å²) in [4.78, 5) is 20.6. The van der Waals surface area contributed by atoms with E-state index in [1.165, 1.54) is 0 Å². The lowest BCUT2D eigenvalue weighted by Gasteiger charge is -2.29. The molecule has 0 saturated heterocycles. The van der Waals surface area contributed by atoms with E-state index in [2.05, 4.69) is 23.8 Å². The van der Waals surface area contributed by atoms with Gasteiger partial charge in [-0.2, -0.15) is 4.98 Å². The Morgan fingerprint density at radius 1 is 1.32 bits per heavy atom. The molecule has 106 valence electrons. The fourth-order valence-corrected chi connectivity index (χ4v) is 2.07. The Morgan fingerprint density at radius 2 is 1.89 bits per heavy atom. The van der Waals surface area contributed by atoms with Crippen LogP contribution >= 0.6 is 11.6 Å². The molecule has 0 radical (unpaired) electrons. The van der Waals surface area contributed by atoms with Gasteiger partial charge in [0.1, 0.15) is 5.69 Å². The van der Waals surface area contributed by atoms with Crippen LogP contribution in [0.15, 0.2) is 0 Å². The fraction of sp³-hybridized carbons (Fsp3) is 0.667. The number of hydrogen-bond donors (Lipinski definition) is 0. The van der Waals surface area contributed by atoms with E-state index in [0.717, 1.165) is 0 Å². The molecule has 0 aliphatic rings. The van der Waals surface area contributed by atoms with E-state index in [1.807, 2.05) is 18.7 Å². The van der Waals surface area contributed by atoms with Crippen LogP contribution in [0.5, 0.6) is 0 Å². The van der Waals surface area contributed by atoms with Gasteiger partial charge in [0, 0.05) is 12.6 Å². The second-order valence-electron chi connectivity index (χ2n) is 5.15. The minimum atomic E-state index is -0.448. The van der Waals surface area contributed by atoms with Crippen LogP contribution in [0, 0.1) is 23.0 Å². The minimum Gasteiger partial charge on any atom is -0.348 e. The zero-order chi connectivity index (χ0) is 14.7. The Balaban J connectivity index is 3.39. The van der Waals surface area contributed by atoms with Crippen molar-refractivity contribution in [1.82, 2.24) is 9.97 Å². The Bertz CT molecular complexity index is 477. The molecule has 0 N–H and O–H groups in total. The molecular weight excluding hydrogens is 268 g/mol. The Morgan fingerprint density at radius 3 is 2.32 bits per heavy atom. The van der Waals surface area contributed by atoms with Gasteiger partial charge in [0.15, 0.2) is 0 Å². The van der Waals surface area contributed by atoms with E-state index in [-0.39, 0.29) is 22.7 Å². The Hall–Kier alpha value is -1.43. The maximum atomic E-state index is 11.2. The summed E-state index contributed by atoms with van der Waals surface area (Å²) in [5.41, 5.74) is 0.216. The first-order valence-electron chi connectivity index (χ1n) is 6.19. The number of aromatic nitrogens is 2. The first kappa shape index (κ1) is 15.6. The molecule has 0 saturated carbocycles.